The van der Waals surface area contributed by atoms with E-state index in [0.717, 1.165) is 33.2 Å². The van der Waals surface area contributed by atoms with E-state index in [9.17, 15) is 9.59 Å². The minimum absolute atomic E-state index is 0.00333. The Morgan fingerprint density at radius 1 is 1.24 bits per heavy atom. The summed E-state index contributed by atoms with van der Waals surface area (Å²) in [6.07, 6.45) is 0.0969. The summed E-state index contributed by atoms with van der Waals surface area (Å²) in [6.45, 7) is 5.92. The number of carbonyl (C=O) groups is 2. The highest BCUT2D eigenvalue weighted by Gasteiger charge is 2.59. The molecule has 2 amide bonds. The molecular weight excluding hydrogens is 316 g/mol. The highest BCUT2D eigenvalue weighted by Crippen LogP contribution is 2.57. The van der Waals surface area contributed by atoms with E-state index in [1.807, 2.05) is 46.0 Å². The van der Waals surface area contributed by atoms with E-state index < -0.39 is 11.1 Å². The average molecular weight is 336 g/mol. The summed E-state index contributed by atoms with van der Waals surface area (Å²) in [5, 5.41) is 5.13. The van der Waals surface area contributed by atoms with Gasteiger partial charge in [0.05, 0.1) is 23.2 Å². The number of rotatable bonds is 0. The Bertz CT molecular complexity index is 994. The highest BCUT2D eigenvalue weighted by molar-refractivity contribution is 6.26. The van der Waals surface area contributed by atoms with Crippen molar-refractivity contribution >= 4 is 28.3 Å². The van der Waals surface area contributed by atoms with Crippen LogP contribution in [0.15, 0.2) is 24.3 Å². The third-order valence-electron chi connectivity index (χ3n) is 5.85. The first-order valence-corrected chi connectivity index (χ1v) is 8.60. The molecule has 3 aliphatic rings. The molecule has 0 radical (unpaired) electrons. The highest BCUT2D eigenvalue weighted by atomic mass is 16.6. The number of nitrogens with one attached hydrogen (secondary N) is 1. The van der Waals surface area contributed by atoms with Crippen molar-refractivity contribution in [1.82, 2.24) is 5.32 Å². The number of carbonyl (C=O) groups excluding carboxylic acids is 2. The molecule has 5 rings (SSSR count). The molecule has 1 N–H and O–H groups in total. The van der Waals surface area contributed by atoms with Crippen LogP contribution < -0.4 is 10.2 Å². The second-order valence-corrected chi connectivity index (χ2v) is 8.11. The number of epoxide rings is 1. The van der Waals surface area contributed by atoms with E-state index in [-0.39, 0.29) is 17.9 Å². The fourth-order valence-electron chi connectivity index (χ4n) is 4.53. The molecule has 1 fully saturated rings. The molecule has 3 aliphatic heterocycles. The first-order chi connectivity index (χ1) is 11.7. The molecule has 128 valence electrons. The SMILES string of the molecule is CN1C(=O)c2c3c(cc4cccc1c24)C(C)(C)NC(=O)CC1(C)OC31. The lowest BCUT2D eigenvalue weighted by atomic mass is 9.79. The summed E-state index contributed by atoms with van der Waals surface area (Å²) < 4.78 is 5.98. The average Bonchev–Trinajstić information content (AvgIpc) is 3.11. The summed E-state index contributed by atoms with van der Waals surface area (Å²) >= 11 is 0. The van der Waals surface area contributed by atoms with E-state index in [0.29, 0.717) is 6.42 Å². The Hall–Kier alpha value is -2.40. The number of ether oxygens (including phenoxy) is 1. The second-order valence-electron chi connectivity index (χ2n) is 8.11. The molecule has 3 heterocycles. The van der Waals surface area contributed by atoms with Gasteiger partial charge in [-0.25, -0.2) is 0 Å². The molecule has 0 bridgehead atoms. The second kappa shape index (κ2) is 4.22. The van der Waals surface area contributed by atoms with Crippen LogP contribution >= 0.6 is 0 Å². The number of benzene rings is 2. The van der Waals surface area contributed by atoms with Crippen LogP contribution in [0.1, 0.15) is 54.8 Å². The van der Waals surface area contributed by atoms with Crippen molar-refractivity contribution in [2.75, 3.05) is 11.9 Å². The molecule has 0 aromatic heterocycles. The van der Waals surface area contributed by atoms with E-state index in [1.165, 1.54) is 0 Å². The fourth-order valence-corrected chi connectivity index (χ4v) is 4.53. The van der Waals surface area contributed by atoms with Crippen molar-refractivity contribution in [1.29, 1.82) is 0 Å². The van der Waals surface area contributed by atoms with Crippen LogP contribution in [0, 0.1) is 0 Å². The third kappa shape index (κ3) is 1.76. The van der Waals surface area contributed by atoms with Gasteiger partial charge in [0.25, 0.3) is 5.91 Å². The molecule has 2 unspecified atom stereocenters. The third-order valence-corrected chi connectivity index (χ3v) is 5.85. The van der Waals surface area contributed by atoms with Crippen LogP contribution in [-0.4, -0.2) is 24.5 Å². The van der Waals surface area contributed by atoms with Crippen molar-refractivity contribution in [3.63, 3.8) is 0 Å². The monoisotopic (exact) mass is 336 g/mol. The van der Waals surface area contributed by atoms with Gasteiger partial charge < -0.3 is 15.0 Å². The zero-order valence-electron chi connectivity index (χ0n) is 14.8. The number of hydrogen-bond acceptors (Lipinski definition) is 3. The van der Waals surface area contributed by atoms with Crippen molar-refractivity contribution in [3.05, 3.63) is 41.0 Å². The number of anilines is 1. The van der Waals surface area contributed by atoms with Crippen molar-refractivity contribution in [2.45, 2.75) is 44.4 Å². The van der Waals surface area contributed by atoms with Crippen LogP contribution in [0.5, 0.6) is 0 Å². The molecule has 2 aromatic rings. The molecule has 1 saturated heterocycles. The van der Waals surface area contributed by atoms with Gasteiger partial charge in [0.1, 0.15) is 11.7 Å². The number of amides is 2. The zero-order chi connectivity index (χ0) is 17.7. The van der Waals surface area contributed by atoms with Crippen molar-refractivity contribution in [2.24, 2.45) is 0 Å². The Balaban J connectivity index is 1.91. The number of fused-ring (bicyclic) bond motifs is 4. The summed E-state index contributed by atoms with van der Waals surface area (Å²) in [5.41, 5.74) is 2.49. The van der Waals surface area contributed by atoms with Gasteiger partial charge in [0.2, 0.25) is 5.91 Å². The summed E-state index contributed by atoms with van der Waals surface area (Å²) in [7, 11) is 1.81. The first-order valence-electron chi connectivity index (χ1n) is 8.60. The van der Waals surface area contributed by atoms with Gasteiger partial charge in [0, 0.05) is 18.0 Å². The van der Waals surface area contributed by atoms with Gasteiger partial charge in [-0.05, 0) is 43.9 Å². The molecule has 2 atom stereocenters. The Kier molecular flexibility index (Phi) is 2.52. The van der Waals surface area contributed by atoms with Gasteiger partial charge >= 0.3 is 0 Å². The normalized spacial score (nSPS) is 29.0. The molecular formula is C20H20N2O3. The van der Waals surface area contributed by atoms with Crippen LogP contribution in [0.3, 0.4) is 0 Å². The van der Waals surface area contributed by atoms with Crippen molar-refractivity contribution < 1.29 is 14.3 Å². The predicted octanol–water partition coefficient (Wildman–Crippen LogP) is 3.01. The fraction of sp³-hybridized carbons (Fsp3) is 0.400. The van der Waals surface area contributed by atoms with Gasteiger partial charge in [-0.2, -0.15) is 0 Å². The molecule has 5 heteroatoms. The summed E-state index contributed by atoms with van der Waals surface area (Å²) in [6, 6.07) is 8.08. The topological polar surface area (TPSA) is 61.9 Å². The maximum atomic E-state index is 13.1. The maximum Gasteiger partial charge on any atom is 0.259 e. The number of hydrogen-bond donors (Lipinski definition) is 1. The lowest BCUT2D eigenvalue weighted by Gasteiger charge is -2.32. The minimum atomic E-state index is -0.568. The minimum Gasteiger partial charge on any atom is -0.361 e. The predicted molar refractivity (Wildman–Crippen MR) is 94.7 cm³/mol. The van der Waals surface area contributed by atoms with E-state index in [2.05, 4.69) is 11.4 Å². The molecule has 0 spiro atoms. The van der Waals surface area contributed by atoms with Gasteiger partial charge in [-0.3, -0.25) is 9.59 Å². The van der Waals surface area contributed by atoms with Crippen LogP contribution in [-0.2, 0) is 15.1 Å². The smallest absolute Gasteiger partial charge is 0.259 e. The lowest BCUT2D eigenvalue weighted by Crippen LogP contribution is -2.44. The molecule has 25 heavy (non-hydrogen) atoms. The summed E-state index contributed by atoms with van der Waals surface area (Å²) in [4.78, 5) is 27.2. The largest absolute Gasteiger partial charge is 0.361 e. The van der Waals surface area contributed by atoms with E-state index >= 15 is 0 Å². The maximum absolute atomic E-state index is 13.1. The molecule has 5 nitrogen and oxygen atoms in total. The van der Waals surface area contributed by atoms with Crippen LogP contribution in [0.4, 0.5) is 5.69 Å². The summed E-state index contributed by atoms with van der Waals surface area (Å²) in [5.74, 6) is -0.0158. The quantitative estimate of drug-likeness (QED) is 0.752. The van der Waals surface area contributed by atoms with Gasteiger partial charge in [-0.1, -0.05) is 12.1 Å². The van der Waals surface area contributed by atoms with Crippen LogP contribution in [0.25, 0.3) is 10.8 Å². The standard InChI is InChI=1S/C20H20N2O3/c1-19(2)11-8-10-6-5-7-12-14(10)16(18(24)22(12)4)15(11)17-20(3,25-17)9-13(23)21-19/h5-8,17H,9H2,1-4H3,(H,21,23). The van der Waals surface area contributed by atoms with Gasteiger partial charge in [-0.15, -0.1) is 0 Å². The van der Waals surface area contributed by atoms with Crippen molar-refractivity contribution in [3.8, 4) is 0 Å². The van der Waals surface area contributed by atoms with Gasteiger partial charge in [0.15, 0.2) is 0 Å². The molecule has 0 saturated carbocycles. The van der Waals surface area contributed by atoms with Crippen LogP contribution in [0.2, 0.25) is 0 Å². The van der Waals surface area contributed by atoms with E-state index in [1.54, 1.807) is 4.90 Å². The molecule has 0 aliphatic carbocycles. The number of nitrogens with zero attached hydrogens (tertiary/aromatic N) is 1. The zero-order valence-corrected chi connectivity index (χ0v) is 14.8. The molecule has 2 aromatic carbocycles. The van der Waals surface area contributed by atoms with E-state index in [4.69, 9.17) is 4.74 Å². The Morgan fingerprint density at radius 2 is 2.00 bits per heavy atom. The Labute approximate surface area is 145 Å². The lowest BCUT2D eigenvalue weighted by molar-refractivity contribution is -0.123. The Morgan fingerprint density at radius 3 is 2.76 bits per heavy atom. The first kappa shape index (κ1) is 14.9.